The van der Waals surface area contributed by atoms with Gasteiger partial charge in [-0.3, -0.25) is 9.69 Å². The van der Waals surface area contributed by atoms with E-state index in [4.69, 9.17) is 11.5 Å². The number of primary amides is 1. The quantitative estimate of drug-likeness (QED) is 0.862. The normalized spacial score (nSPS) is 18.9. The highest BCUT2D eigenvalue weighted by atomic mass is 79.9. The van der Waals surface area contributed by atoms with Crippen LogP contribution >= 0.6 is 15.9 Å². The van der Waals surface area contributed by atoms with Crippen molar-refractivity contribution in [3.8, 4) is 0 Å². The van der Waals surface area contributed by atoms with Gasteiger partial charge in [-0.25, -0.2) is 0 Å². The van der Waals surface area contributed by atoms with Gasteiger partial charge < -0.3 is 11.5 Å². The molecule has 1 fully saturated rings. The molecule has 0 radical (unpaired) electrons. The number of halogens is 1. The summed E-state index contributed by atoms with van der Waals surface area (Å²) in [6.45, 7) is 2.58. The first kappa shape index (κ1) is 15.5. The molecular weight excluding hydrogens is 318 g/mol. The Morgan fingerprint density at radius 1 is 1.30 bits per heavy atom. The SMILES string of the molecule is NCC(c1ccc(Br)cc1)N1CCC(CC(N)=O)CC1. The van der Waals surface area contributed by atoms with Crippen LogP contribution < -0.4 is 11.5 Å². The number of rotatable bonds is 5. The second-order valence-electron chi connectivity index (χ2n) is 5.45. The fourth-order valence-corrected chi connectivity index (χ4v) is 3.20. The lowest BCUT2D eigenvalue weighted by atomic mass is 9.91. The van der Waals surface area contributed by atoms with Crippen LogP contribution in [0.5, 0.6) is 0 Å². The Labute approximate surface area is 128 Å². The fraction of sp³-hybridized carbons (Fsp3) is 0.533. The number of amides is 1. The Bertz CT molecular complexity index is 441. The summed E-state index contributed by atoms with van der Waals surface area (Å²) in [5, 5.41) is 0. The Morgan fingerprint density at radius 3 is 2.40 bits per heavy atom. The van der Waals surface area contributed by atoms with Gasteiger partial charge in [-0.05, 0) is 49.5 Å². The van der Waals surface area contributed by atoms with E-state index in [0.29, 0.717) is 18.9 Å². The molecule has 4 N–H and O–H groups in total. The van der Waals surface area contributed by atoms with Gasteiger partial charge in [0.2, 0.25) is 5.91 Å². The number of hydrogen-bond donors (Lipinski definition) is 2. The van der Waals surface area contributed by atoms with Crippen LogP contribution in [0.4, 0.5) is 0 Å². The summed E-state index contributed by atoms with van der Waals surface area (Å²) in [4.78, 5) is 13.4. The Hall–Kier alpha value is -0.910. The summed E-state index contributed by atoms with van der Waals surface area (Å²) in [5.41, 5.74) is 12.5. The first-order valence-corrected chi connectivity index (χ1v) is 7.87. The lowest BCUT2D eigenvalue weighted by Gasteiger charge is -2.37. The maximum Gasteiger partial charge on any atom is 0.217 e. The third-order valence-corrected chi connectivity index (χ3v) is 4.59. The van der Waals surface area contributed by atoms with Crippen molar-refractivity contribution in [1.82, 2.24) is 4.90 Å². The molecule has 1 aromatic carbocycles. The van der Waals surface area contributed by atoms with Crippen molar-refractivity contribution < 1.29 is 4.79 Å². The molecule has 1 aliphatic rings. The molecule has 0 aliphatic carbocycles. The van der Waals surface area contributed by atoms with Crippen LogP contribution in [0, 0.1) is 5.92 Å². The average Bonchev–Trinajstić information content (AvgIpc) is 2.43. The number of piperidine rings is 1. The van der Waals surface area contributed by atoms with E-state index in [0.717, 1.165) is 30.4 Å². The lowest BCUT2D eigenvalue weighted by molar-refractivity contribution is -0.119. The summed E-state index contributed by atoms with van der Waals surface area (Å²) in [6.07, 6.45) is 2.56. The van der Waals surface area contributed by atoms with Gasteiger partial charge in [-0.1, -0.05) is 28.1 Å². The number of carbonyl (C=O) groups is 1. The molecule has 2 rings (SSSR count). The standard InChI is InChI=1S/C15H22BrN3O/c16-13-3-1-12(2-4-13)14(10-17)19-7-5-11(6-8-19)9-15(18)20/h1-4,11,14H,5-10,17H2,(H2,18,20). The van der Waals surface area contributed by atoms with Crippen molar-refractivity contribution in [1.29, 1.82) is 0 Å². The van der Waals surface area contributed by atoms with Crippen molar-refractivity contribution in [2.75, 3.05) is 19.6 Å². The average molecular weight is 340 g/mol. The Kier molecular flexibility index (Phi) is 5.57. The molecule has 1 amide bonds. The molecular formula is C15H22BrN3O. The van der Waals surface area contributed by atoms with Crippen LogP contribution in [-0.4, -0.2) is 30.4 Å². The van der Waals surface area contributed by atoms with E-state index in [-0.39, 0.29) is 11.9 Å². The van der Waals surface area contributed by atoms with Crippen molar-refractivity contribution in [2.45, 2.75) is 25.3 Å². The van der Waals surface area contributed by atoms with E-state index < -0.39 is 0 Å². The monoisotopic (exact) mass is 339 g/mol. The van der Waals surface area contributed by atoms with Crippen molar-refractivity contribution in [3.05, 3.63) is 34.3 Å². The zero-order chi connectivity index (χ0) is 14.5. The van der Waals surface area contributed by atoms with E-state index in [1.807, 2.05) is 0 Å². The molecule has 0 spiro atoms. The highest BCUT2D eigenvalue weighted by molar-refractivity contribution is 9.10. The molecule has 110 valence electrons. The van der Waals surface area contributed by atoms with E-state index in [9.17, 15) is 4.79 Å². The predicted octanol–water partition coefficient (Wildman–Crippen LogP) is 2.04. The van der Waals surface area contributed by atoms with E-state index >= 15 is 0 Å². The van der Waals surface area contributed by atoms with Gasteiger partial charge in [0.15, 0.2) is 0 Å². The summed E-state index contributed by atoms with van der Waals surface area (Å²) >= 11 is 3.45. The minimum absolute atomic E-state index is 0.188. The maximum absolute atomic E-state index is 11.0. The Balaban J connectivity index is 1.96. The van der Waals surface area contributed by atoms with Crippen molar-refractivity contribution in [2.24, 2.45) is 17.4 Å². The van der Waals surface area contributed by atoms with Gasteiger partial charge >= 0.3 is 0 Å². The summed E-state index contributed by atoms with van der Waals surface area (Å²) in [5.74, 6) is 0.249. The second-order valence-corrected chi connectivity index (χ2v) is 6.37. The fourth-order valence-electron chi connectivity index (χ4n) is 2.93. The number of likely N-dealkylation sites (tertiary alicyclic amines) is 1. The molecule has 1 aromatic rings. The van der Waals surface area contributed by atoms with Crippen LogP contribution in [0.2, 0.25) is 0 Å². The van der Waals surface area contributed by atoms with Gasteiger partial charge in [-0.2, -0.15) is 0 Å². The summed E-state index contributed by atoms with van der Waals surface area (Å²) in [7, 11) is 0. The van der Waals surface area contributed by atoms with Crippen LogP contribution in [0.15, 0.2) is 28.7 Å². The molecule has 1 aliphatic heterocycles. The van der Waals surface area contributed by atoms with Crippen molar-refractivity contribution in [3.63, 3.8) is 0 Å². The molecule has 0 saturated carbocycles. The topological polar surface area (TPSA) is 72.3 Å². The molecule has 20 heavy (non-hydrogen) atoms. The zero-order valence-electron chi connectivity index (χ0n) is 11.6. The number of hydrogen-bond acceptors (Lipinski definition) is 3. The molecule has 1 heterocycles. The third-order valence-electron chi connectivity index (χ3n) is 4.06. The second kappa shape index (κ2) is 7.20. The van der Waals surface area contributed by atoms with E-state index in [2.05, 4.69) is 45.1 Å². The van der Waals surface area contributed by atoms with E-state index in [1.54, 1.807) is 0 Å². The first-order chi connectivity index (χ1) is 9.60. The van der Waals surface area contributed by atoms with Gasteiger partial charge in [0.05, 0.1) is 0 Å². The first-order valence-electron chi connectivity index (χ1n) is 7.08. The largest absolute Gasteiger partial charge is 0.370 e. The summed E-state index contributed by atoms with van der Waals surface area (Å²) in [6, 6.07) is 8.61. The van der Waals surface area contributed by atoms with Crippen LogP contribution in [0.3, 0.4) is 0 Å². The molecule has 1 atom stereocenters. The minimum atomic E-state index is -0.188. The molecule has 0 bridgehead atoms. The highest BCUT2D eigenvalue weighted by Gasteiger charge is 2.25. The van der Waals surface area contributed by atoms with Crippen molar-refractivity contribution >= 4 is 21.8 Å². The minimum Gasteiger partial charge on any atom is -0.370 e. The maximum atomic E-state index is 11.0. The molecule has 5 heteroatoms. The molecule has 1 unspecified atom stereocenters. The van der Waals surface area contributed by atoms with Gasteiger partial charge in [-0.15, -0.1) is 0 Å². The number of nitrogens with two attached hydrogens (primary N) is 2. The number of nitrogens with zero attached hydrogens (tertiary/aromatic N) is 1. The Morgan fingerprint density at radius 2 is 1.90 bits per heavy atom. The molecule has 1 saturated heterocycles. The lowest BCUT2D eigenvalue weighted by Crippen LogP contribution is -2.40. The molecule has 0 aromatic heterocycles. The van der Waals surface area contributed by atoms with Gasteiger partial charge in [0.25, 0.3) is 0 Å². The smallest absolute Gasteiger partial charge is 0.217 e. The van der Waals surface area contributed by atoms with E-state index in [1.165, 1.54) is 5.56 Å². The summed E-state index contributed by atoms with van der Waals surface area (Å²) < 4.78 is 1.08. The van der Waals surface area contributed by atoms with Crippen LogP contribution in [-0.2, 0) is 4.79 Å². The highest BCUT2D eigenvalue weighted by Crippen LogP contribution is 2.28. The number of benzene rings is 1. The molecule has 4 nitrogen and oxygen atoms in total. The van der Waals surface area contributed by atoms with Gasteiger partial charge in [0.1, 0.15) is 0 Å². The van der Waals surface area contributed by atoms with Gasteiger partial charge in [0, 0.05) is 23.5 Å². The van der Waals surface area contributed by atoms with Crippen LogP contribution in [0.1, 0.15) is 30.9 Å². The zero-order valence-corrected chi connectivity index (χ0v) is 13.2. The predicted molar refractivity (Wildman–Crippen MR) is 84.0 cm³/mol. The number of carbonyl (C=O) groups excluding carboxylic acids is 1. The third kappa shape index (κ3) is 4.04. The van der Waals surface area contributed by atoms with Crippen LogP contribution in [0.25, 0.3) is 0 Å².